The van der Waals surface area contributed by atoms with Crippen LogP contribution in [0.4, 0.5) is 11.4 Å². The molecule has 7 nitrogen and oxygen atoms in total. The van der Waals surface area contributed by atoms with E-state index < -0.39 is 24.4 Å². The van der Waals surface area contributed by atoms with Gasteiger partial charge < -0.3 is 19.7 Å². The van der Waals surface area contributed by atoms with Crippen LogP contribution in [0, 0.1) is 5.92 Å². The fourth-order valence-electron chi connectivity index (χ4n) is 3.04. The summed E-state index contributed by atoms with van der Waals surface area (Å²) in [6.07, 6.45) is 0.0245. The normalized spacial score (nSPS) is 15.8. The summed E-state index contributed by atoms with van der Waals surface area (Å²) in [4.78, 5) is 38.2. The molecule has 1 aliphatic rings. The highest BCUT2D eigenvalue weighted by Crippen LogP contribution is 2.28. The van der Waals surface area contributed by atoms with E-state index >= 15 is 0 Å². The van der Waals surface area contributed by atoms with E-state index in [0.29, 0.717) is 28.8 Å². The summed E-state index contributed by atoms with van der Waals surface area (Å²) < 4.78 is 10.5. The zero-order valence-electron chi connectivity index (χ0n) is 16.2. The van der Waals surface area contributed by atoms with Gasteiger partial charge in [-0.15, -0.1) is 0 Å². The fourth-order valence-corrected chi connectivity index (χ4v) is 3.49. The maximum Gasteiger partial charge on any atom is 0.311 e. The molecule has 0 aromatic heterocycles. The molecule has 1 heterocycles. The van der Waals surface area contributed by atoms with Gasteiger partial charge in [0, 0.05) is 23.7 Å². The maximum atomic E-state index is 12.3. The SMILES string of the molecule is CCOc1ccc(N2C[C@H](C(=O)OCC(=O)Nc3ccc(Cl)cc3Cl)CC2=O)cc1. The molecule has 1 fully saturated rings. The van der Waals surface area contributed by atoms with Crippen LogP contribution in [0.5, 0.6) is 5.75 Å². The van der Waals surface area contributed by atoms with E-state index in [1.165, 1.54) is 11.0 Å². The highest BCUT2D eigenvalue weighted by atomic mass is 35.5. The Morgan fingerprint density at radius 2 is 1.90 bits per heavy atom. The van der Waals surface area contributed by atoms with Gasteiger partial charge in [0.15, 0.2) is 6.61 Å². The zero-order valence-corrected chi connectivity index (χ0v) is 17.7. The highest BCUT2D eigenvalue weighted by Gasteiger charge is 2.36. The number of carbonyl (C=O) groups is 3. The van der Waals surface area contributed by atoms with Crippen LogP contribution in [0.15, 0.2) is 42.5 Å². The van der Waals surface area contributed by atoms with Crippen LogP contribution in [-0.4, -0.2) is 37.5 Å². The van der Waals surface area contributed by atoms with Crippen LogP contribution in [0.2, 0.25) is 10.0 Å². The van der Waals surface area contributed by atoms with Gasteiger partial charge in [-0.3, -0.25) is 14.4 Å². The number of carbonyl (C=O) groups excluding carboxylic acids is 3. The van der Waals surface area contributed by atoms with Crippen molar-refractivity contribution in [3.63, 3.8) is 0 Å². The van der Waals surface area contributed by atoms with Gasteiger partial charge >= 0.3 is 5.97 Å². The number of anilines is 2. The first-order valence-electron chi connectivity index (χ1n) is 9.32. The number of halogens is 2. The first-order valence-corrected chi connectivity index (χ1v) is 10.1. The first kappa shape index (κ1) is 21.9. The molecule has 2 amide bonds. The molecule has 0 spiro atoms. The van der Waals surface area contributed by atoms with E-state index in [0.717, 1.165) is 0 Å². The van der Waals surface area contributed by atoms with E-state index in [1.54, 1.807) is 36.4 Å². The first-order chi connectivity index (χ1) is 14.4. The predicted octanol–water partition coefficient (Wildman–Crippen LogP) is 3.93. The zero-order chi connectivity index (χ0) is 21.7. The van der Waals surface area contributed by atoms with Gasteiger partial charge in [-0.05, 0) is 49.4 Å². The van der Waals surface area contributed by atoms with Crippen LogP contribution in [0.25, 0.3) is 0 Å². The molecule has 0 saturated carbocycles. The van der Waals surface area contributed by atoms with Crippen LogP contribution >= 0.6 is 23.2 Å². The van der Waals surface area contributed by atoms with E-state index in [-0.39, 0.29) is 23.9 Å². The molecule has 0 radical (unpaired) electrons. The fraction of sp³-hybridized carbons (Fsp3) is 0.286. The number of benzene rings is 2. The Bertz CT molecular complexity index is 949. The van der Waals surface area contributed by atoms with Crippen LogP contribution in [0.3, 0.4) is 0 Å². The smallest absolute Gasteiger partial charge is 0.311 e. The summed E-state index contributed by atoms with van der Waals surface area (Å²) in [7, 11) is 0. The summed E-state index contributed by atoms with van der Waals surface area (Å²) in [6, 6.07) is 11.7. The Labute approximate surface area is 183 Å². The lowest BCUT2D eigenvalue weighted by molar-refractivity contribution is -0.151. The van der Waals surface area contributed by atoms with Gasteiger partial charge in [0.05, 0.1) is 23.2 Å². The van der Waals surface area contributed by atoms with Crippen molar-refractivity contribution < 1.29 is 23.9 Å². The second-order valence-corrected chi connectivity index (χ2v) is 7.46. The van der Waals surface area contributed by atoms with Crippen molar-refractivity contribution in [3.8, 4) is 5.75 Å². The number of hydrogen-bond donors (Lipinski definition) is 1. The molecule has 1 aliphatic heterocycles. The highest BCUT2D eigenvalue weighted by molar-refractivity contribution is 6.36. The van der Waals surface area contributed by atoms with Gasteiger partial charge in [0.1, 0.15) is 5.75 Å². The number of nitrogens with one attached hydrogen (secondary N) is 1. The quantitative estimate of drug-likeness (QED) is 0.645. The molecule has 2 aromatic carbocycles. The predicted molar refractivity (Wildman–Crippen MR) is 114 cm³/mol. The monoisotopic (exact) mass is 450 g/mol. The second kappa shape index (κ2) is 9.82. The number of amides is 2. The van der Waals surface area contributed by atoms with E-state index in [1.807, 2.05) is 6.92 Å². The van der Waals surface area contributed by atoms with Crippen molar-refractivity contribution in [2.75, 3.05) is 30.0 Å². The summed E-state index contributed by atoms with van der Waals surface area (Å²) in [5.74, 6) is -1.26. The van der Waals surface area contributed by atoms with Gasteiger partial charge in [0.25, 0.3) is 5.91 Å². The van der Waals surface area contributed by atoms with Gasteiger partial charge in [-0.25, -0.2) is 0 Å². The Morgan fingerprint density at radius 1 is 1.17 bits per heavy atom. The third kappa shape index (κ3) is 5.43. The molecule has 3 rings (SSSR count). The molecule has 0 unspecified atom stereocenters. The molecule has 158 valence electrons. The van der Waals surface area contributed by atoms with Crippen molar-refractivity contribution in [3.05, 3.63) is 52.5 Å². The standard InChI is InChI=1S/C21H20Cl2N2O5/c1-2-29-16-6-4-15(5-7-16)25-11-13(9-20(25)27)21(28)30-12-19(26)24-18-8-3-14(22)10-17(18)23/h3-8,10,13H,2,9,11-12H2,1H3,(H,24,26)/t13-/m1/s1. The number of rotatable bonds is 7. The van der Waals surface area contributed by atoms with Crippen LogP contribution < -0.4 is 15.0 Å². The lowest BCUT2D eigenvalue weighted by Gasteiger charge is -2.17. The third-order valence-electron chi connectivity index (χ3n) is 4.47. The molecule has 1 saturated heterocycles. The molecule has 1 atom stereocenters. The van der Waals surface area contributed by atoms with Crippen molar-refractivity contribution in [1.82, 2.24) is 0 Å². The molecular weight excluding hydrogens is 431 g/mol. The Hall–Kier alpha value is -2.77. The van der Waals surface area contributed by atoms with E-state index in [9.17, 15) is 14.4 Å². The topological polar surface area (TPSA) is 84.9 Å². The Balaban J connectivity index is 1.52. The summed E-state index contributed by atoms with van der Waals surface area (Å²) >= 11 is 11.8. The summed E-state index contributed by atoms with van der Waals surface area (Å²) in [5.41, 5.74) is 1.04. The number of ether oxygens (including phenoxy) is 2. The second-order valence-electron chi connectivity index (χ2n) is 6.61. The Morgan fingerprint density at radius 3 is 2.57 bits per heavy atom. The minimum Gasteiger partial charge on any atom is -0.494 e. The number of hydrogen-bond acceptors (Lipinski definition) is 5. The van der Waals surface area contributed by atoms with Crippen molar-refractivity contribution in [2.24, 2.45) is 5.92 Å². The molecule has 30 heavy (non-hydrogen) atoms. The van der Waals surface area contributed by atoms with Crippen LogP contribution in [0.1, 0.15) is 13.3 Å². The number of esters is 1. The summed E-state index contributed by atoms with van der Waals surface area (Å²) in [5, 5.41) is 3.26. The van der Waals surface area contributed by atoms with Crippen molar-refractivity contribution in [2.45, 2.75) is 13.3 Å². The minimum absolute atomic E-state index is 0.0245. The molecule has 0 aliphatic carbocycles. The molecule has 1 N–H and O–H groups in total. The summed E-state index contributed by atoms with van der Waals surface area (Å²) in [6.45, 7) is 2.15. The van der Waals surface area contributed by atoms with E-state index in [2.05, 4.69) is 5.32 Å². The van der Waals surface area contributed by atoms with Crippen molar-refractivity contribution >= 4 is 52.4 Å². The van der Waals surface area contributed by atoms with Gasteiger partial charge in [-0.2, -0.15) is 0 Å². The number of nitrogens with zero attached hydrogens (tertiary/aromatic N) is 1. The third-order valence-corrected chi connectivity index (χ3v) is 5.02. The minimum atomic E-state index is -0.643. The average Bonchev–Trinajstić information content (AvgIpc) is 3.11. The Kier molecular flexibility index (Phi) is 7.18. The molecular formula is C21H20Cl2N2O5. The van der Waals surface area contributed by atoms with Gasteiger partial charge in [0.2, 0.25) is 5.91 Å². The van der Waals surface area contributed by atoms with Crippen molar-refractivity contribution in [1.29, 1.82) is 0 Å². The lowest BCUT2D eigenvalue weighted by atomic mass is 10.1. The van der Waals surface area contributed by atoms with E-state index in [4.69, 9.17) is 32.7 Å². The molecule has 0 bridgehead atoms. The van der Waals surface area contributed by atoms with Crippen LogP contribution in [-0.2, 0) is 19.1 Å². The average molecular weight is 451 g/mol. The van der Waals surface area contributed by atoms with Gasteiger partial charge in [-0.1, -0.05) is 23.2 Å². The maximum absolute atomic E-state index is 12.3. The lowest BCUT2D eigenvalue weighted by Crippen LogP contribution is -2.28. The largest absolute Gasteiger partial charge is 0.494 e. The molecule has 9 heteroatoms. The molecule has 2 aromatic rings.